The van der Waals surface area contributed by atoms with Crippen LogP contribution in [0, 0.1) is 0 Å². The highest BCUT2D eigenvalue weighted by Gasteiger charge is 2.07. The molecule has 0 saturated heterocycles. The summed E-state index contributed by atoms with van der Waals surface area (Å²) in [5.74, 6) is 0.414. The van der Waals surface area contributed by atoms with Crippen molar-refractivity contribution in [3.63, 3.8) is 0 Å². The lowest BCUT2D eigenvalue weighted by Crippen LogP contribution is -1.93. The molecule has 3 nitrogen and oxygen atoms in total. The lowest BCUT2D eigenvalue weighted by Gasteiger charge is -2.07. The predicted octanol–water partition coefficient (Wildman–Crippen LogP) is 3.53. The van der Waals surface area contributed by atoms with Crippen LogP contribution in [0.4, 0.5) is 5.82 Å². The molecule has 3 rings (SSSR count). The highest BCUT2D eigenvalue weighted by atomic mass is 35.5. The van der Waals surface area contributed by atoms with Crippen LogP contribution in [0.2, 0.25) is 5.02 Å². The number of fused-ring (bicyclic) bond motifs is 1. The summed E-state index contributed by atoms with van der Waals surface area (Å²) < 4.78 is 0. The zero-order valence-corrected chi connectivity index (χ0v) is 10.2. The number of rotatable bonds is 1. The summed E-state index contributed by atoms with van der Waals surface area (Å²) in [7, 11) is 0. The van der Waals surface area contributed by atoms with E-state index >= 15 is 0 Å². The number of anilines is 1. The fourth-order valence-electron chi connectivity index (χ4n) is 1.96. The number of aromatic nitrogens is 2. The Balaban J connectivity index is 2.30. The van der Waals surface area contributed by atoms with Gasteiger partial charge in [-0.2, -0.15) is 0 Å². The highest BCUT2D eigenvalue weighted by Crippen LogP contribution is 2.31. The van der Waals surface area contributed by atoms with Crippen molar-refractivity contribution in [1.29, 1.82) is 0 Å². The van der Waals surface area contributed by atoms with Crippen molar-refractivity contribution >= 4 is 28.2 Å². The van der Waals surface area contributed by atoms with Gasteiger partial charge in [0.2, 0.25) is 0 Å². The molecule has 0 fully saturated rings. The van der Waals surface area contributed by atoms with E-state index in [0.717, 1.165) is 27.1 Å². The van der Waals surface area contributed by atoms with Gasteiger partial charge in [-0.05, 0) is 11.5 Å². The largest absolute Gasteiger partial charge is 0.382 e. The molecule has 0 aliphatic rings. The molecular formula is C14H10ClN3. The van der Waals surface area contributed by atoms with Gasteiger partial charge in [0.05, 0.1) is 18.1 Å². The van der Waals surface area contributed by atoms with Gasteiger partial charge in [0.1, 0.15) is 5.82 Å². The van der Waals surface area contributed by atoms with Crippen molar-refractivity contribution in [3.8, 4) is 11.3 Å². The van der Waals surface area contributed by atoms with E-state index in [1.165, 1.54) is 0 Å². The SMILES string of the molecule is Nc1cnc(-c2ccc(Cl)c3ccccc23)cn1. The third kappa shape index (κ3) is 1.79. The van der Waals surface area contributed by atoms with Crippen molar-refractivity contribution in [2.24, 2.45) is 0 Å². The fraction of sp³-hybridized carbons (Fsp3) is 0. The van der Waals surface area contributed by atoms with E-state index in [0.29, 0.717) is 5.82 Å². The minimum Gasteiger partial charge on any atom is -0.382 e. The average molecular weight is 256 g/mol. The molecule has 0 atom stereocenters. The van der Waals surface area contributed by atoms with Gasteiger partial charge in [0.25, 0.3) is 0 Å². The fourth-order valence-corrected chi connectivity index (χ4v) is 2.19. The first-order chi connectivity index (χ1) is 8.75. The Morgan fingerprint density at radius 2 is 1.67 bits per heavy atom. The standard InChI is InChI=1S/C14H10ClN3/c15-12-6-5-11(9-3-1-2-4-10(9)12)13-7-18-14(16)8-17-13/h1-8H,(H2,16,18). The normalized spacial score (nSPS) is 10.7. The van der Waals surface area contributed by atoms with E-state index in [1.54, 1.807) is 12.4 Å². The first kappa shape index (κ1) is 11.0. The molecule has 0 radical (unpaired) electrons. The van der Waals surface area contributed by atoms with Gasteiger partial charge in [-0.25, -0.2) is 4.98 Å². The van der Waals surface area contributed by atoms with Crippen LogP contribution < -0.4 is 5.73 Å². The minimum atomic E-state index is 0.414. The molecule has 1 aromatic heterocycles. The molecule has 0 aliphatic heterocycles. The predicted molar refractivity (Wildman–Crippen MR) is 74.4 cm³/mol. The average Bonchev–Trinajstić information content (AvgIpc) is 2.41. The maximum atomic E-state index is 6.19. The highest BCUT2D eigenvalue weighted by molar-refractivity contribution is 6.36. The van der Waals surface area contributed by atoms with Crippen molar-refractivity contribution in [2.45, 2.75) is 0 Å². The molecule has 4 heteroatoms. The topological polar surface area (TPSA) is 51.8 Å². The smallest absolute Gasteiger partial charge is 0.141 e. The number of nitrogens with zero attached hydrogens (tertiary/aromatic N) is 2. The van der Waals surface area contributed by atoms with E-state index < -0.39 is 0 Å². The monoisotopic (exact) mass is 255 g/mol. The molecule has 0 aliphatic carbocycles. The van der Waals surface area contributed by atoms with Crippen LogP contribution >= 0.6 is 11.6 Å². The van der Waals surface area contributed by atoms with Gasteiger partial charge < -0.3 is 5.73 Å². The molecule has 3 aromatic rings. The zero-order valence-electron chi connectivity index (χ0n) is 9.47. The number of nitrogen functional groups attached to an aromatic ring is 1. The summed E-state index contributed by atoms with van der Waals surface area (Å²) in [5.41, 5.74) is 7.34. The van der Waals surface area contributed by atoms with Crippen molar-refractivity contribution in [3.05, 3.63) is 53.8 Å². The van der Waals surface area contributed by atoms with Crippen LogP contribution in [0.3, 0.4) is 0 Å². The maximum absolute atomic E-state index is 6.19. The van der Waals surface area contributed by atoms with E-state index in [2.05, 4.69) is 9.97 Å². The van der Waals surface area contributed by atoms with Crippen LogP contribution in [0.5, 0.6) is 0 Å². The summed E-state index contributed by atoms with van der Waals surface area (Å²) in [6.45, 7) is 0. The molecule has 2 aromatic carbocycles. The van der Waals surface area contributed by atoms with E-state index in [9.17, 15) is 0 Å². The van der Waals surface area contributed by atoms with Gasteiger partial charge in [-0.1, -0.05) is 41.9 Å². The molecule has 0 unspecified atom stereocenters. The lowest BCUT2D eigenvalue weighted by molar-refractivity contribution is 1.22. The van der Waals surface area contributed by atoms with Crippen LogP contribution in [0.25, 0.3) is 22.0 Å². The number of nitrogens with two attached hydrogens (primary N) is 1. The van der Waals surface area contributed by atoms with E-state index in [1.807, 2.05) is 36.4 Å². The summed E-state index contributed by atoms with van der Waals surface area (Å²) in [6.07, 6.45) is 3.23. The number of halogens is 1. The van der Waals surface area contributed by atoms with Crippen LogP contribution in [-0.2, 0) is 0 Å². The van der Waals surface area contributed by atoms with Crippen LogP contribution in [-0.4, -0.2) is 9.97 Å². The van der Waals surface area contributed by atoms with Gasteiger partial charge in [0.15, 0.2) is 0 Å². The van der Waals surface area contributed by atoms with Crippen molar-refractivity contribution < 1.29 is 0 Å². The zero-order chi connectivity index (χ0) is 12.5. The molecular weight excluding hydrogens is 246 g/mol. The Bertz CT molecular complexity index is 708. The Morgan fingerprint density at radius 3 is 2.39 bits per heavy atom. The quantitative estimate of drug-likeness (QED) is 0.724. The first-order valence-corrected chi connectivity index (χ1v) is 5.88. The lowest BCUT2D eigenvalue weighted by atomic mass is 10.0. The van der Waals surface area contributed by atoms with Gasteiger partial charge in [-0.15, -0.1) is 0 Å². The third-order valence-corrected chi connectivity index (χ3v) is 3.15. The summed E-state index contributed by atoms with van der Waals surface area (Å²) >= 11 is 6.19. The van der Waals surface area contributed by atoms with Gasteiger partial charge >= 0.3 is 0 Å². The molecule has 2 N–H and O–H groups in total. The summed E-state index contributed by atoms with van der Waals surface area (Å²) in [6, 6.07) is 11.8. The van der Waals surface area contributed by atoms with Crippen LogP contribution in [0.1, 0.15) is 0 Å². The Labute approximate surface area is 109 Å². The van der Waals surface area contributed by atoms with E-state index in [-0.39, 0.29) is 0 Å². The Hall–Kier alpha value is -2.13. The van der Waals surface area contributed by atoms with Gasteiger partial charge in [-0.3, -0.25) is 4.98 Å². The second-order valence-corrected chi connectivity index (χ2v) is 4.37. The minimum absolute atomic E-state index is 0.414. The molecule has 0 spiro atoms. The molecule has 18 heavy (non-hydrogen) atoms. The maximum Gasteiger partial charge on any atom is 0.141 e. The molecule has 1 heterocycles. The van der Waals surface area contributed by atoms with Crippen molar-refractivity contribution in [2.75, 3.05) is 5.73 Å². The Kier molecular flexibility index (Phi) is 2.61. The molecule has 0 saturated carbocycles. The third-order valence-electron chi connectivity index (χ3n) is 2.82. The molecule has 0 bridgehead atoms. The molecule has 0 amide bonds. The Morgan fingerprint density at radius 1 is 0.889 bits per heavy atom. The van der Waals surface area contributed by atoms with Crippen molar-refractivity contribution in [1.82, 2.24) is 9.97 Å². The first-order valence-electron chi connectivity index (χ1n) is 5.51. The second-order valence-electron chi connectivity index (χ2n) is 3.97. The second kappa shape index (κ2) is 4.27. The molecule has 88 valence electrons. The number of benzene rings is 2. The number of hydrogen-bond donors (Lipinski definition) is 1. The number of hydrogen-bond acceptors (Lipinski definition) is 3. The van der Waals surface area contributed by atoms with Crippen LogP contribution in [0.15, 0.2) is 48.8 Å². The van der Waals surface area contributed by atoms with Gasteiger partial charge in [0, 0.05) is 16.0 Å². The summed E-state index contributed by atoms with van der Waals surface area (Å²) in [4.78, 5) is 8.36. The van der Waals surface area contributed by atoms with E-state index in [4.69, 9.17) is 17.3 Å². The summed E-state index contributed by atoms with van der Waals surface area (Å²) in [5, 5.41) is 2.80.